The Hall–Kier alpha value is -2.35. The van der Waals surface area contributed by atoms with Crippen molar-refractivity contribution in [3.63, 3.8) is 0 Å². The van der Waals surface area contributed by atoms with Crippen molar-refractivity contribution in [2.45, 2.75) is 30.6 Å². The minimum Gasteiger partial charge on any atom is -0.376 e. The first-order valence-electron chi connectivity index (χ1n) is 9.94. The summed E-state index contributed by atoms with van der Waals surface area (Å²) in [4.78, 5) is 12.3. The molecule has 1 aliphatic heterocycles. The highest BCUT2D eigenvalue weighted by Crippen LogP contribution is 2.30. The van der Waals surface area contributed by atoms with E-state index in [0.29, 0.717) is 29.1 Å². The maximum atomic E-state index is 12.3. The van der Waals surface area contributed by atoms with Gasteiger partial charge in [-0.25, -0.2) is 0 Å². The summed E-state index contributed by atoms with van der Waals surface area (Å²) in [6.45, 7) is 1.93. The minimum atomic E-state index is -0.0379. The second-order valence-electron chi connectivity index (χ2n) is 7.09. The number of aromatic nitrogens is 3. The first-order valence-corrected chi connectivity index (χ1v) is 11.3. The maximum absolute atomic E-state index is 12.3. The van der Waals surface area contributed by atoms with Crippen molar-refractivity contribution < 1.29 is 9.53 Å². The van der Waals surface area contributed by atoms with Crippen LogP contribution in [0.1, 0.15) is 18.4 Å². The average molecular weight is 443 g/mol. The second-order valence-corrected chi connectivity index (χ2v) is 8.44. The zero-order valence-electron chi connectivity index (χ0n) is 16.5. The quantitative estimate of drug-likeness (QED) is 0.533. The number of hydrogen-bond donors (Lipinski definition) is 1. The van der Waals surface area contributed by atoms with Crippen molar-refractivity contribution in [3.8, 4) is 11.4 Å². The molecule has 0 aliphatic carbocycles. The van der Waals surface area contributed by atoms with Gasteiger partial charge in [0, 0.05) is 18.7 Å². The fourth-order valence-corrected chi connectivity index (χ4v) is 4.35. The third-order valence-corrected chi connectivity index (χ3v) is 6.19. The minimum absolute atomic E-state index is 0.0379. The Morgan fingerprint density at radius 3 is 2.73 bits per heavy atom. The molecule has 1 unspecified atom stereocenters. The molecule has 1 saturated heterocycles. The zero-order valence-corrected chi connectivity index (χ0v) is 18.0. The maximum Gasteiger partial charge on any atom is 0.230 e. The molecule has 1 amide bonds. The van der Waals surface area contributed by atoms with Crippen LogP contribution in [0.15, 0.2) is 59.8 Å². The van der Waals surface area contributed by atoms with E-state index in [0.717, 1.165) is 30.6 Å². The molecule has 1 aromatic heterocycles. The van der Waals surface area contributed by atoms with Crippen molar-refractivity contribution in [1.29, 1.82) is 0 Å². The molecular formula is C22H23ClN4O2S. The van der Waals surface area contributed by atoms with Crippen LogP contribution in [0.5, 0.6) is 0 Å². The lowest BCUT2D eigenvalue weighted by molar-refractivity contribution is -0.119. The van der Waals surface area contributed by atoms with Gasteiger partial charge < -0.3 is 10.1 Å². The summed E-state index contributed by atoms with van der Waals surface area (Å²) in [5, 5.41) is 13.0. The molecule has 2 heterocycles. The molecule has 1 aliphatic rings. The van der Waals surface area contributed by atoms with Crippen molar-refractivity contribution in [3.05, 3.63) is 65.2 Å². The van der Waals surface area contributed by atoms with E-state index >= 15 is 0 Å². The van der Waals surface area contributed by atoms with E-state index in [1.54, 1.807) is 0 Å². The normalized spacial score (nSPS) is 16.0. The highest BCUT2D eigenvalue weighted by Gasteiger charge is 2.19. The molecule has 2 aromatic carbocycles. The molecule has 0 saturated carbocycles. The number of thioether (sulfide) groups is 1. The monoisotopic (exact) mass is 442 g/mol. The van der Waals surface area contributed by atoms with E-state index in [2.05, 4.69) is 27.6 Å². The molecule has 6 nitrogen and oxygen atoms in total. The van der Waals surface area contributed by atoms with Gasteiger partial charge in [0.25, 0.3) is 0 Å². The Bertz CT molecular complexity index is 990. The molecule has 3 aromatic rings. The fourth-order valence-electron chi connectivity index (χ4n) is 3.36. The standard InChI is InChI=1S/C22H23ClN4O2S/c23-19-11-5-4-10-18(19)21-25-26-22(27(21)14-16-7-2-1-3-8-16)30-15-20(28)24-13-17-9-6-12-29-17/h1-5,7-8,10-11,17H,6,9,12-15H2,(H,24,28). The number of carbonyl (C=O) groups is 1. The van der Waals surface area contributed by atoms with E-state index in [4.69, 9.17) is 16.3 Å². The second kappa shape index (κ2) is 10.1. The van der Waals surface area contributed by atoms with Crippen LogP contribution in [0.3, 0.4) is 0 Å². The number of hydrogen-bond acceptors (Lipinski definition) is 5. The number of benzene rings is 2. The highest BCUT2D eigenvalue weighted by molar-refractivity contribution is 7.99. The van der Waals surface area contributed by atoms with Gasteiger partial charge in [0.05, 0.1) is 23.4 Å². The van der Waals surface area contributed by atoms with E-state index in [1.165, 1.54) is 11.8 Å². The summed E-state index contributed by atoms with van der Waals surface area (Å²) in [5.41, 5.74) is 1.94. The largest absolute Gasteiger partial charge is 0.376 e. The molecule has 0 radical (unpaired) electrons. The van der Waals surface area contributed by atoms with Gasteiger partial charge in [-0.05, 0) is 30.5 Å². The van der Waals surface area contributed by atoms with Crippen molar-refractivity contribution in [2.24, 2.45) is 0 Å². The molecule has 1 atom stereocenters. The van der Waals surface area contributed by atoms with Crippen LogP contribution < -0.4 is 5.32 Å². The van der Waals surface area contributed by atoms with Crippen LogP contribution >= 0.6 is 23.4 Å². The third kappa shape index (κ3) is 5.22. The summed E-state index contributed by atoms with van der Waals surface area (Å²) in [5.74, 6) is 0.915. The predicted molar refractivity (Wildman–Crippen MR) is 119 cm³/mol. The molecule has 1 N–H and O–H groups in total. The summed E-state index contributed by atoms with van der Waals surface area (Å²) in [6.07, 6.45) is 2.19. The summed E-state index contributed by atoms with van der Waals surface area (Å²) in [7, 11) is 0. The van der Waals surface area contributed by atoms with Crippen LogP contribution in [-0.2, 0) is 16.1 Å². The number of carbonyl (C=O) groups excluding carboxylic acids is 1. The topological polar surface area (TPSA) is 69.0 Å². The molecule has 30 heavy (non-hydrogen) atoms. The Morgan fingerprint density at radius 2 is 1.97 bits per heavy atom. The van der Waals surface area contributed by atoms with Crippen LogP contribution in [0.4, 0.5) is 0 Å². The first kappa shape index (κ1) is 20.9. The smallest absolute Gasteiger partial charge is 0.230 e. The molecule has 0 spiro atoms. The lowest BCUT2D eigenvalue weighted by atomic mass is 10.2. The average Bonchev–Trinajstić information content (AvgIpc) is 3.42. The van der Waals surface area contributed by atoms with Gasteiger partial charge >= 0.3 is 0 Å². The van der Waals surface area contributed by atoms with Gasteiger partial charge in [-0.15, -0.1) is 10.2 Å². The van der Waals surface area contributed by atoms with E-state index in [9.17, 15) is 4.79 Å². The van der Waals surface area contributed by atoms with Crippen LogP contribution in [0, 0.1) is 0 Å². The highest BCUT2D eigenvalue weighted by atomic mass is 35.5. The van der Waals surface area contributed by atoms with Crippen LogP contribution in [-0.4, -0.2) is 45.7 Å². The Labute approximate surface area is 185 Å². The Kier molecular flexibility index (Phi) is 7.04. The molecule has 8 heteroatoms. The van der Waals surface area contributed by atoms with E-state index in [-0.39, 0.29) is 17.8 Å². The number of rotatable bonds is 8. The SMILES string of the molecule is O=C(CSc1nnc(-c2ccccc2Cl)n1Cc1ccccc1)NCC1CCCO1. The summed E-state index contributed by atoms with van der Waals surface area (Å²) < 4.78 is 7.56. The van der Waals surface area contributed by atoms with Gasteiger partial charge in [0.2, 0.25) is 5.91 Å². The Balaban J connectivity index is 1.50. The molecule has 1 fully saturated rings. The summed E-state index contributed by atoms with van der Waals surface area (Å²) >= 11 is 7.78. The zero-order chi connectivity index (χ0) is 20.8. The number of amides is 1. The van der Waals surface area contributed by atoms with Crippen molar-refractivity contribution in [1.82, 2.24) is 20.1 Å². The van der Waals surface area contributed by atoms with E-state index < -0.39 is 0 Å². The first-order chi connectivity index (χ1) is 14.7. The fraction of sp³-hybridized carbons (Fsp3) is 0.318. The number of ether oxygens (including phenoxy) is 1. The van der Waals surface area contributed by atoms with Crippen LogP contribution in [0.25, 0.3) is 11.4 Å². The molecule has 0 bridgehead atoms. The van der Waals surface area contributed by atoms with Gasteiger partial charge in [-0.2, -0.15) is 0 Å². The molecule has 4 rings (SSSR count). The molecular weight excluding hydrogens is 420 g/mol. The van der Waals surface area contributed by atoms with Gasteiger partial charge in [0.15, 0.2) is 11.0 Å². The van der Waals surface area contributed by atoms with Crippen molar-refractivity contribution in [2.75, 3.05) is 18.9 Å². The third-order valence-electron chi connectivity index (χ3n) is 4.90. The van der Waals surface area contributed by atoms with Gasteiger partial charge in [0.1, 0.15) is 0 Å². The van der Waals surface area contributed by atoms with Gasteiger partial charge in [-0.3, -0.25) is 9.36 Å². The van der Waals surface area contributed by atoms with E-state index in [1.807, 2.05) is 47.0 Å². The van der Waals surface area contributed by atoms with Crippen LogP contribution in [0.2, 0.25) is 5.02 Å². The Morgan fingerprint density at radius 1 is 1.17 bits per heavy atom. The predicted octanol–water partition coefficient (Wildman–Crippen LogP) is 4.03. The molecule has 156 valence electrons. The lowest BCUT2D eigenvalue weighted by Gasteiger charge is -2.12. The number of nitrogens with zero attached hydrogens (tertiary/aromatic N) is 3. The lowest BCUT2D eigenvalue weighted by Crippen LogP contribution is -2.32. The number of nitrogens with one attached hydrogen (secondary N) is 1. The van der Waals surface area contributed by atoms with Gasteiger partial charge in [-0.1, -0.05) is 65.8 Å². The summed E-state index contributed by atoms with van der Waals surface area (Å²) in [6, 6.07) is 17.7. The van der Waals surface area contributed by atoms with Crippen molar-refractivity contribution >= 4 is 29.3 Å². The number of halogens is 1.